The molecule has 19 heavy (non-hydrogen) atoms. The van der Waals surface area contributed by atoms with Crippen LogP contribution in [0.25, 0.3) is 0 Å². The van der Waals surface area contributed by atoms with Crippen molar-refractivity contribution < 1.29 is 4.79 Å². The first kappa shape index (κ1) is 13.5. The molecule has 2 rings (SSSR count). The highest BCUT2D eigenvalue weighted by atomic mass is 32.1. The second kappa shape index (κ2) is 5.40. The molecule has 0 spiro atoms. The van der Waals surface area contributed by atoms with Crippen molar-refractivity contribution in [2.75, 3.05) is 5.32 Å². The van der Waals surface area contributed by atoms with Crippen LogP contribution >= 0.6 is 11.3 Å². The molecule has 0 radical (unpaired) electrons. The minimum absolute atomic E-state index is 0.119. The van der Waals surface area contributed by atoms with Gasteiger partial charge in [0.05, 0.1) is 0 Å². The molecule has 0 fully saturated rings. The molecule has 0 aliphatic rings. The molecule has 0 saturated heterocycles. The summed E-state index contributed by atoms with van der Waals surface area (Å²) >= 11 is 0.977. The van der Waals surface area contributed by atoms with Crippen LogP contribution in [0.4, 0.5) is 5.69 Å². The topological polar surface area (TPSA) is 51.1 Å². The van der Waals surface area contributed by atoms with Crippen molar-refractivity contribution >= 4 is 22.9 Å². The molecule has 4 nitrogen and oxygen atoms in total. The number of aromatic nitrogens is 1. The predicted octanol–water partition coefficient (Wildman–Crippen LogP) is 2.57. The number of carbonyl (C=O) groups is 1. The molecule has 0 saturated carbocycles. The lowest BCUT2D eigenvalue weighted by atomic mass is 10.1. The van der Waals surface area contributed by atoms with E-state index < -0.39 is 0 Å². The third-order valence-electron chi connectivity index (χ3n) is 3.15. The Hall–Kier alpha value is -1.88. The van der Waals surface area contributed by atoms with Gasteiger partial charge in [-0.3, -0.25) is 9.59 Å². The average Bonchev–Trinajstić information content (AvgIpc) is 2.67. The van der Waals surface area contributed by atoms with E-state index >= 15 is 0 Å². The molecule has 5 heteroatoms. The van der Waals surface area contributed by atoms with E-state index in [1.165, 1.54) is 4.57 Å². The number of thiazole rings is 1. The SMILES string of the molecule is CCc1ccccc1NC(=O)c1sc(=O)n(C)c1C. The van der Waals surface area contributed by atoms with Crippen LogP contribution in [0, 0.1) is 6.92 Å². The first-order valence-corrected chi connectivity index (χ1v) is 6.92. The Morgan fingerprint density at radius 1 is 1.37 bits per heavy atom. The molecule has 1 heterocycles. The van der Waals surface area contributed by atoms with Crippen LogP contribution in [0.5, 0.6) is 0 Å². The maximum Gasteiger partial charge on any atom is 0.307 e. The van der Waals surface area contributed by atoms with Crippen LogP contribution in [-0.4, -0.2) is 10.5 Å². The highest BCUT2D eigenvalue weighted by Crippen LogP contribution is 2.18. The summed E-state index contributed by atoms with van der Waals surface area (Å²) in [6, 6.07) is 7.68. The number of benzene rings is 1. The zero-order valence-corrected chi connectivity index (χ0v) is 12.0. The quantitative estimate of drug-likeness (QED) is 0.936. The van der Waals surface area contributed by atoms with Crippen LogP contribution in [0.1, 0.15) is 27.9 Å². The highest BCUT2D eigenvalue weighted by molar-refractivity contribution is 7.11. The summed E-state index contributed by atoms with van der Waals surface area (Å²) < 4.78 is 1.49. The molecule has 0 aliphatic heterocycles. The number of anilines is 1. The van der Waals surface area contributed by atoms with E-state index in [4.69, 9.17) is 0 Å². The molecule has 1 aromatic carbocycles. The normalized spacial score (nSPS) is 10.5. The van der Waals surface area contributed by atoms with Crippen molar-refractivity contribution in [1.29, 1.82) is 0 Å². The number of nitrogens with one attached hydrogen (secondary N) is 1. The minimum atomic E-state index is -0.221. The molecule has 0 unspecified atom stereocenters. The second-order valence-corrected chi connectivity index (χ2v) is 5.27. The van der Waals surface area contributed by atoms with Crippen LogP contribution in [0.3, 0.4) is 0 Å². The van der Waals surface area contributed by atoms with Crippen molar-refractivity contribution in [3.05, 3.63) is 50.1 Å². The van der Waals surface area contributed by atoms with Gasteiger partial charge in [0.25, 0.3) is 5.91 Å². The number of aryl methyl sites for hydroxylation is 1. The fraction of sp³-hybridized carbons (Fsp3) is 0.286. The van der Waals surface area contributed by atoms with Gasteiger partial charge in [0.15, 0.2) is 0 Å². The Kier molecular flexibility index (Phi) is 3.85. The molecule has 0 aliphatic carbocycles. The minimum Gasteiger partial charge on any atom is -0.321 e. The Labute approximate surface area is 115 Å². The van der Waals surface area contributed by atoms with E-state index in [0.717, 1.165) is 29.0 Å². The van der Waals surface area contributed by atoms with Crippen LogP contribution in [0.15, 0.2) is 29.1 Å². The molecule has 1 amide bonds. The molecular weight excluding hydrogens is 260 g/mol. The van der Waals surface area contributed by atoms with Gasteiger partial charge < -0.3 is 9.88 Å². The van der Waals surface area contributed by atoms with Gasteiger partial charge in [0, 0.05) is 18.4 Å². The zero-order chi connectivity index (χ0) is 14.0. The lowest BCUT2D eigenvalue weighted by molar-refractivity contribution is 0.102. The van der Waals surface area contributed by atoms with Gasteiger partial charge in [0.1, 0.15) is 4.88 Å². The standard InChI is InChI=1S/C14H16N2O2S/c1-4-10-7-5-6-8-11(10)15-13(17)12-9(2)16(3)14(18)19-12/h5-8H,4H2,1-3H3,(H,15,17). The van der Waals surface area contributed by atoms with Gasteiger partial charge in [-0.05, 0) is 25.0 Å². The summed E-state index contributed by atoms with van der Waals surface area (Å²) in [7, 11) is 1.67. The fourth-order valence-electron chi connectivity index (χ4n) is 1.86. The zero-order valence-electron chi connectivity index (χ0n) is 11.2. The molecule has 1 N–H and O–H groups in total. The number of hydrogen-bond donors (Lipinski definition) is 1. The highest BCUT2D eigenvalue weighted by Gasteiger charge is 2.16. The lowest BCUT2D eigenvalue weighted by Gasteiger charge is -2.09. The molecule has 0 atom stereocenters. The molecule has 0 bridgehead atoms. The van der Waals surface area contributed by atoms with E-state index in [1.807, 2.05) is 31.2 Å². The third kappa shape index (κ3) is 2.61. The van der Waals surface area contributed by atoms with Crippen molar-refractivity contribution in [2.45, 2.75) is 20.3 Å². The van der Waals surface area contributed by atoms with E-state index in [1.54, 1.807) is 14.0 Å². The van der Waals surface area contributed by atoms with Gasteiger partial charge in [-0.15, -0.1) is 0 Å². The number of amides is 1. The molecule has 2 aromatic rings. The predicted molar refractivity (Wildman–Crippen MR) is 78.1 cm³/mol. The first-order chi connectivity index (χ1) is 9.04. The second-order valence-electron chi connectivity index (χ2n) is 4.31. The van der Waals surface area contributed by atoms with Gasteiger partial charge in [-0.1, -0.05) is 36.5 Å². The summed E-state index contributed by atoms with van der Waals surface area (Å²) in [4.78, 5) is 24.1. The van der Waals surface area contributed by atoms with Crippen LogP contribution < -0.4 is 10.2 Å². The van der Waals surface area contributed by atoms with Crippen molar-refractivity contribution in [1.82, 2.24) is 4.57 Å². The Morgan fingerprint density at radius 2 is 2.05 bits per heavy atom. The summed E-state index contributed by atoms with van der Waals surface area (Å²) in [5.41, 5.74) is 2.58. The van der Waals surface area contributed by atoms with E-state index in [0.29, 0.717) is 10.6 Å². The molecular formula is C14H16N2O2S. The van der Waals surface area contributed by atoms with Crippen molar-refractivity contribution in [3.8, 4) is 0 Å². The number of hydrogen-bond acceptors (Lipinski definition) is 3. The average molecular weight is 276 g/mol. The maximum atomic E-state index is 12.2. The number of carbonyl (C=O) groups excluding carboxylic acids is 1. The van der Waals surface area contributed by atoms with Crippen molar-refractivity contribution in [3.63, 3.8) is 0 Å². The lowest BCUT2D eigenvalue weighted by Crippen LogP contribution is -2.14. The van der Waals surface area contributed by atoms with Gasteiger partial charge in [-0.25, -0.2) is 0 Å². The van der Waals surface area contributed by atoms with Crippen LogP contribution in [-0.2, 0) is 13.5 Å². The van der Waals surface area contributed by atoms with E-state index in [-0.39, 0.29) is 10.8 Å². The number of para-hydroxylation sites is 1. The molecule has 1 aromatic heterocycles. The van der Waals surface area contributed by atoms with Gasteiger partial charge in [-0.2, -0.15) is 0 Å². The fourth-order valence-corrected chi connectivity index (χ4v) is 2.74. The molecule has 100 valence electrons. The third-order valence-corrected chi connectivity index (χ3v) is 4.28. The Bertz CT molecular complexity index is 670. The van der Waals surface area contributed by atoms with E-state index in [9.17, 15) is 9.59 Å². The van der Waals surface area contributed by atoms with Gasteiger partial charge in [0.2, 0.25) is 0 Å². The summed E-state index contributed by atoms with van der Waals surface area (Å²) in [6.45, 7) is 3.82. The summed E-state index contributed by atoms with van der Waals surface area (Å²) in [5.74, 6) is -0.221. The van der Waals surface area contributed by atoms with Crippen LogP contribution in [0.2, 0.25) is 0 Å². The van der Waals surface area contributed by atoms with Crippen molar-refractivity contribution in [2.24, 2.45) is 7.05 Å². The Morgan fingerprint density at radius 3 is 2.63 bits per heavy atom. The first-order valence-electron chi connectivity index (χ1n) is 6.10. The smallest absolute Gasteiger partial charge is 0.307 e. The van der Waals surface area contributed by atoms with E-state index in [2.05, 4.69) is 5.32 Å². The summed E-state index contributed by atoms with van der Waals surface area (Å²) in [5, 5.41) is 2.88. The van der Waals surface area contributed by atoms with Gasteiger partial charge >= 0.3 is 4.87 Å². The number of rotatable bonds is 3. The number of nitrogens with zero attached hydrogens (tertiary/aromatic N) is 1. The summed E-state index contributed by atoms with van der Waals surface area (Å²) in [6.07, 6.45) is 0.848. The largest absolute Gasteiger partial charge is 0.321 e. The monoisotopic (exact) mass is 276 g/mol. The maximum absolute atomic E-state index is 12.2. The Balaban J connectivity index is 2.31.